The van der Waals surface area contributed by atoms with Crippen LogP contribution >= 0.6 is 11.6 Å². The van der Waals surface area contributed by atoms with Crippen LogP contribution in [0.4, 0.5) is 0 Å². The highest BCUT2D eigenvalue weighted by Crippen LogP contribution is 2.17. The zero-order chi connectivity index (χ0) is 6.85. The molecule has 2 nitrogen and oxygen atoms in total. The first-order chi connectivity index (χ1) is 4.20. The number of halogens is 1. The van der Waals surface area contributed by atoms with Gasteiger partial charge in [-0.25, -0.2) is 0 Å². The van der Waals surface area contributed by atoms with Crippen LogP contribution < -0.4 is 0 Å². The lowest BCUT2D eigenvalue weighted by Gasteiger charge is -1.92. The quantitative estimate of drug-likeness (QED) is 0.607. The van der Waals surface area contributed by atoms with Gasteiger partial charge >= 0.3 is 0 Å². The van der Waals surface area contributed by atoms with Crippen LogP contribution in [0.3, 0.4) is 0 Å². The van der Waals surface area contributed by atoms with Gasteiger partial charge in [-0.3, -0.25) is 0 Å². The van der Waals surface area contributed by atoms with Crippen molar-refractivity contribution in [1.82, 2.24) is 5.16 Å². The number of hydrogen-bond donors (Lipinski definition) is 0. The van der Waals surface area contributed by atoms with Crippen molar-refractivity contribution < 1.29 is 4.52 Å². The summed E-state index contributed by atoms with van der Waals surface area (Å²) in [4.78, 5) is 0. The van der Waals surface area contributed by atoms with Crippen LogP contribution in [-0.4, -0.2) is 5.16 Å². The van der Waals surface area contributed by atoms with E-state index in [0.717, 1.165) is 5.76 Å². The third kappa shape index (κ3) is 1.45. The molecule has 0 spiro atoms. The summed E-state index contributed by atoms with van der Waals surface area (Å²) in [6, 6.07) is 1.73. The molecule has 0 atom stereocenters. The van der Waals surface area contributed by atoms with E-state index in [2.05, 4.69) is 5.16 Å². The Bertz CT molecular complexity index is 195. The van der Waals surface area contributed by atoms with E-state index in [1.54, 1.807) is 6.07 Å². The molecule has 0 fully saturated rings. The molecule has 1 rings (SSSR count). The first-order valence-corrected chi connectivity index (χ1v) is 3.20. The first kappa shape index (κ1) is 6.62. The lowest BCUT2D eigenvalue weighted by atomic mass is 10.2. The van der Waals surface area contributed by atoms with E-state index >= 15 is 0 Å². The fourth-order valence-electron chi connectivity index (χ4n) is 0.538. The maximum absolute atomic E-state index is 5.50. The second kappa shape index (κ2) is 2.40. The van der Waals surface area contributed by atoms with Gasteiger partial charge in [-0.1, -0.05) is 30.6 Å². The molecule has 0 aliphatic heterocycles. The predicted octanol–water partition coefficient (Wildman–Crippen LogP) is 2.45. The molecule has 0 amide bonds. The fraction of sp³-hybridized carbons (Fsp3) is 0.500. The summed E-state index contributed by atoms with van der Waals surface area (Å²) in [7, 11) is 0. The van der Waals surface area contributed by atoms with Crippen LogP contribution in [-0.2, 0) is 0 Å². The molecule has 0 aromatic carbocycles. The van der Waals surface area contributed by atoms with E-state index in [4.69, 9.17) is 16.1 Å². The highest BCUT2D eigenvalue weighted by Gasteiger charge is 2.04. The van der Waals surface area contributed by atoms with E-state index in [-0.39, 0.29) is 0 Å². The molecule has 50 valence electrons. The lowest BCUT2D eigenvalue weighted by molar-refractivity contribution is 0.371. The summed E-state index contributed by atoms with van der Waals surface area (Å²) in [5.74, 6) is 1.20. The summed E-state index contributed by atoms with van der Waals surface area (Å²) in [5.41, 5.74) is 0. The first-order valence-electron chi connectivity index (χ1n) is 2.82. The van der Waals surface area contributed by atoms with Gasteiger partial charge in [0.2, 0.25) is 0 Å². The van der Waals surface area contributed by atoms with Crippen molar-refractivity contribution in [3.05, 3.63) is 17.0 Å². The molecule has 1 aromatic rings. The van der Waals surface area contributed by atoms with Gasteiger partial charge in [0, 0.05) is 12.0 Å². The number of hydrogen-bond acceptors (Lipinski definition) is 2. The highest BCUT2D eigenvalue weighted by atomic mass is 35.5. The van der Waals surface area contributed by atoms with E-state index < -0.39 is 0 Å². The van der Waals surface area contributed by atoms with Crippen molar-refractivity contribution in [2.24, 2.45) is 0 Å². The summed E-state index contributed by atoms with van der Waals surface area (Å²) in [6.07, 6.45) is 0. The van der Waals surface area contributed by atoms with Crippen molar-refractivity contribution >= 4 is 11.6 Å². The Balaban J connectivity index is 2.85. The number of rotatable bonds is 1. The van der Waals surface area contributed by atoms with Gasteiger partial charge in [-0.2, -0.15) is 0 Å². The molecule has 0 N–H and O–H groups in total. The Kier molecular flexibility index (Phi) is 1.76. The maximum atomic E-state index is 5.50. The van der Waals surface area contributed by atoms with Gasteiger partial charge in [0.05, 0.1) is 0 Å². The molecular formula is C6H8ClNO. The minimum atomic E-state index is 0.366. The Labute approximate surface area is 58.8 Å². The Hall–Kier alpha value is -0.500. The average molecular weight is 146 g/mol. The topological polar surface area (TPSA) is 26.0 Å². The van der Waals surface area contributed by atoms with Crippen LogP contribution in [0.1, 0.15) is 25.5 Å². The smallest absolute Gasteiger partial charge is 0.172 e. The zero-order valence-corrected chi connectivity index (χ0v) is 6.14. The molecule has 0 saturated carbocycles. The molecule has 0 radical (unpaired) electrons. The molecule has 0 bridgehead atoms. The largest absolute Gasteiger partial charge is 0.360 e. The molecule has 1 aromatic heterocycles. The molecule has 3 heteroatoms. The summed E-state index contributed by atoms with van der Waals surface area (Å²) >= 11 is 5.50. The normalized spacial score (nSPS) is 10.7. The lowest BCUT2D eigenvalue weighted by Crippen LogP contribution is -1.79. The third-order valence-electron chi connectivity index (χ3n) is 1.07. The van der Waals surface area contributed by atoms with Crippen molar-refractivity contribution in [3.63, 3.8) is 0 Å². The number of nitrogens with zero attached hydrogens (tertiary/aromatic N) is 1. The van der Waals surface area contributed by atoms with Crippen molar-refractivity contribution in [2.75, 3.05) is 0 Å². The standard InChI is InChI=1S/C6H8ClNO/c1-4(2)5-3-6(7)8-9-5/h3-4H,1-2H3. The highest BCUT2D eigenvalue weighted by molar-refractivity contribution is 6.29. The summed E-state index contributed by atoms with van der Waals surface area (Å²) in [5, 5.41) is 3.96. The molecule has 0 unspecified atom stereocenters. The summed E-state index contributed by atoms with van der Waals surface area (Å²) in [6.45, 7) is 4.05. The molecule has 0 aliphatic carbocycles. The van der Waals surface area contributed by atoms with Gasteiger partial charge in [0.15, 0.2) is 5.15 Å². The van der Waals surface area contributed by atoms with E-state index in [0.29, 0.717) is 11.1 Å². The van der Waals surface area contributed by atoms with Gasteiger partial charge in [-0.05, 0) is 0 Å². The second-order valence-corrected chi connectivity index (χ2v) is 2.59. The van der Waals surface area contributed by atoms with Crippen molar-refractivity contribution in [2.45, 2.75) is 19.8 Å². The van der Waals surface area contributed by atoms with E-state index in [1.807, 2.05) is 13.8 Å². The molecule has 1 heterocycles. The fourth-order valence-corrected chi connectivity index (χ4v) is 0.681. The predicted molar refractivity (Wildman–Crippen MR) is 35.6 cm³/mol. The monoisotopic (exact) mass is 145 g/mol. The molecule has 9 heavy (non-hydrogen) atoms. The van der Waals surface area contributed by atoms with Crippen molar-refractivity contribution in [3.8, 4) is 0 Å². The Morgan fingerprint density at radius 3 is 2.56 bits per heavy atom. The molecular weight excluding hydrogens is 138 g/mol. The summed E-state index contributed by atoms with van der Waals surface area (Å²) < 4.78 is 4.84. The Morgan fingerprint density at radius 2 is 2.33 bits per heavy atom. The molecule has 0 aliphatic rings. The van der Waals surface area contributed by atoms with Crippen LogP contribution in [0.2, 0.25) is 5.15 Å². The van der Waals surface area contributed by atoms with Crippen LogP contribution in [0.5, 0.6) is 0 Å². The van der Waals surface area contributed by atoms with Gasteiger partial charge < -0.3 is 4.52 Å². The van der Waals surface area contributed by atoms with Gasteiger partial charge in [-0.15, -0.1) is 0 Å². The zero-order valence-electron chi connectivity index (χ0n) is 5.39. The maximum Gasteiger partial charge on any atom is 0.172 e. The van der Waals surface area contributed by atoms with Gasteiger partial charge in [0.1, 0.15) is 5.76 Å². The van der Waals surface area contributed by atoms with Gasteiger partial charge in [0.25, 0.3) is 0 Å². The van der Waals surface area contributed by atoms with E-state index in [1.165, 1.54) is 0 Å². The van der Waals surface area contributed by atoms with Crippen molar-refractivity contribution in [1.29, 1.82) is 0 Å². The SMILES string of the molecule is CC(C)c1cc(Cl)no1. The van der Waals surface area contributed by atoms with E-state index in [9.17, 15) is 0 Å². The third-order valence-corrected chi connectivity index (χ3v) is 1.25. The Morgan fingerprint density at radius 1 is 1.67 bits per heavy atom. The second-order valence-electron chi connectivity index (χ2n) is 2.21. The van der Waals surface area contributed by atoms with Crippen LogP contribution in [0.15, 0.2) is 10.6 Å². The molecule has 0 saturated heterocycles. The van der Waals surface area contributed by atoms with Crippen LogP contribution in [0, 0.1) is 0 Å². The minimum absolute atomic E-state index is 0.366. The average Bonchev–Trinajstić information content (AvgIpc) is 2.14. The minimum Gasteiger partial charge on any atom is -0.360 e. The van der Waals surface area contributed by atoms with Crippen LogP contribution in [0.25, 0.3) is 0 Å². The number of aromatic nitrogens is 1.